The first-order chi connectivity index (χ1) is 18.5. The molecule has 1 atom stereocenters. The summed E-state index contributed by atoms with van der Waals surface area (Å²) in [6, 6.07) is 23.0. The van der Waals surface area contributed by atoms with Crippen LogP contribution in [-0.4, -0.2) is 34.6 Å². The van der Waals surface area contributed by atoms with Crippen molar-refractivity contribution in [3.8, 4) is 0 Å². The number of nitrogens with one attached hydrogen (secondary N) is 1. The molecule has 0 spiro atoms. The van der Waals surface area contributed by atoms with Gasteiger partial charge in [-0.25, -0.2) is 4.39 Å². The van der Waals surface area contributed by atoms with Gasteiger partial charge in [-0.2, -0.15) is 0 Å². The van der Waals surface area contributed by atoms with E-state index in [2.05, 4.69) is 5.32 Å². The zero-order chi connectivity index (χ0) is 26.7. The molecule has 1 saturated carbocycles. The van der Waals surface area contributed by atoms with Gasteiger partial charge in [0.2, 0.25) is 11.8 Å². The lowest BCUT2D eigenvalue weighted by Crippen LogP contribution is -2.53. The predicted molar refractivity (Wildman–Crippen MR) is 154 cm³/mol. The molecule has 3 aromatic carbocycles. The van der Waals surface area contributed by atoms with Crippen molar-refractivity contribution in [3.05, 3.63) is 106 Å². The molecular formula is C31H34ClFN2O2S. The molecule has 0 aliphatic heterocycles. The summed E-state index contributed by atoms with van der Waals surface area (Å²) in [5.41, 5.74) is 2.41. The summed E-state index contributed by atoms with van der Waals surface area (Å²) in [5, 5.41) is 3.88. The largest absolute Gasteiger partial charge is 0.352 e. The Morgan fingerprint density at radius 1 is 0.921 bits per heavy atom. The summed E-state index contributed by atoms with van der Waals surface area (Å²) in [4.78, 5) is 29.0. The van der Waals surface area contributed by atoms with Crippen molar-refractivity contribution in [2.24, 2.45) is 0 Å². The van der Waals surface area contributed by atoms with E-state index in [0.29, 0.717) is 22.8 Å². The van der Waals surface area contributed by atoms with Crippen LogP contribution in [0.5, 0.6) is 0 Å². The number of benzene rings is 3. The normalized spacial score (nSPS) is 14.6. The van der Waals surface area contributed by atoms with E-state index < -0.39 is 6.04 Å². The number of hydrogen-bond acceptors (Lipinski definition) is 3. The number of amides is 2. The van der Waals surface area contributed by atoms with Crippen molar-refractivity contribution in [1.29, 1.82) is 0 Å². The standard InChI is InChI=1S/C31H34ClFN2O2S/c32-26-17-15-24(16-18-26)21-38-22-30(36)35(20-25-11-7-8-14-28(25)33)29(19-23-9-3-1-4-10-23)31(37)34-27-12-5-2-6-13-27/h1,3-4,7-11,14-18,27,29H,2,5-6,12-13,19-22H2,(H,34,37)/t29-/m1/s1. The monoisotopic (exact) mass is 552 g/mol. The van der Waals surface area contributed by atoms with Crippen LogP contribution in [0.3, 0.4) is 0 Å². The van der Waals surface area contributed by atoms with Gasteiger partial charge in [0.05, 0.1) is 5.75 Å². The number of carbonyl (C=O) groups excluding carboxylic acids is 2. The van der Waals surface area contributed by atoms with Crippen LogP contribution in [-0.2, 0) is 28.3 Å². The van der Waals surface area contributed by atoms with Crippen LogP contribution in [0.2, 0.25) is 5.02 Å². The van der Waals surface area contributed by atoms with Gasteiger partial charge < -0.3 is 10.2 Å². The molecule has 0 aromatic heterocycles. The highest BCUT2D eigenvalue weighted by molar-refractivity contribution is 7.99. The molecule has 4 rings (SSSR count). The van der Waals surface area contributed by atoms with Crippen LogP contribution in [0.1, 0.15) is 48.8 Å². The Balaban J connectivity index is 1.56. The Bertz CT molecular complexity index is 1190. The van der Waals surface area contributed by atoms with Gasteiger partial charge in [0, 0.05) is 35.3 Å². The molecule has 1 aliphatic carbocycles. The highest BCUT2D eigenvalue weighted by Gasteiger charge is 2.32. The Hall–Kier alpha value is -2.83. The first-order valence-electron chi connectivity index (χ1n) is 13.2. The third kappa shape index (κ3) is 8.34. The molecule has 0 radical (unpaired) electrons. The third-order valence-corrected chi connectivity index (χ3v) is 8.17. The molecular weight excluding hydrogens is 519 g/mol. The van der Waals surface area contributed by atoms with Crippen molar-refractivity contribution >= 4 is 35.2 Å². The van der Waals surface area contributed by atoms with Crippen LogP contribution in [0, 0.1) is 5.82 Å². The molecule has 1 N–H and O–H groups in total. The van der Waals surface area contributed by atoms with E-state index in [-0.39, 0.29) is 36.0 Å². The fourth-order valence-electron chi connectivity index (χ4n) is 4.83. The Morgan fingerprint density at radius 2 is 1.61 bits per heavy atom. The van der Waals surface area contributed by atoms with Crippen molar-refractivity contribution in [1.82, 2.24) is 10.2 Å². The number of carbonyl (C=O) groups is 2. The first kappa shape index (κ1) is 28.2. The lowest BCUT2D eigenvalue weighted by Gasteiger charge is -2.33. The average Bonchev–Trinajstić information content (AvgIpc) is 2.93. The molecule has 2 amide bonds. The molecule has 3 aromatic rings. The number of thioether (sulfide) groups is 1. The molecule has 0 bridgehead atoms. The summed E-state index contributed by atoms with van der Waals surface area (Å²) in [7, 11) is 0. The minimum absolute atomic E-state index is 0.0304. The van der Waals surface area contributed by atoms with Gasteiger partial charge in [-0.3, -0.25) is 9.59 Å². The highest BCUT2D eigenvalue weighted by atomic mass is 35.5. The smallest absolute Gasteiger partial charge is 0.243 e. The Labute approximate surface area is 234 Å². The maximum Gasteiger partial charge on any atom is 0.243 e. The van der Waals surface area contributed by atoms with Gasteiger partial charge >= 0.3 is 0 Å². The lowest BCUT2D eigenvalue weighted by atomic mass is 9.94. The van der Waals surface area contributed by atoms with Crippen LogP contribution in [0.25, 0.3) is 0 Å². The molecule has 38 heavy (non-hydrogen) atoms. The maximum absolute atomic E-state index is 14.7. The van der Waals surface area contributed by atoms with Crippen LogP contribution in [0.15, 0.2) is 78.9 Å². The van der Waals surface area contributed by atoms with Gasteiger partial charge in [0.1, 0.15) is 11.9 Å². The first-order valence-corrected chi connectivity index (χ1v) is 14.7. The maximum atomic E-state index is 14.7. The van der Waals surface area contributed by atoms with Gasteiger partial charge in [-0.05, 0) is 42.2 Å². The third-order valence-electron chi connectivity index (χ3n) is 6.93. The quantitative estimate of drug-likeness (QED) is 0.284. The number of halogens is 2. The zero-order valence-electron chi connectivity index (χ0n) is 21.5. The molecule has 200 valence electrons. The number of rotatable bonds is 11. The summed E-state index contributed by atoms with van der Waals surface area (Å²) >= 11 is 7.47. The molecule has 7 heteroatoms. The molecule has 1 aliphatic rings. The molecule has 4 nitrogen and oxygen atoms in total. The minimum Gasteiger partial charge on any atom is -0.352 e. The van der Waals surface area contributed by atoms with E-state index in [0.717, 1.165) is 36.8 Å². The van der Waals surface area contributed by atoms with E-state index in [1.165, 1.54) is 24.2 Å². The van der Waals surface area contributed by atoms with Crippen LogP contribution >= 0.6 is 23.4 Å². The molecule has 1 fully saturated rings. The number of nitrogens with zero attached hydrogens (tertiary/aromatic N) is 1. The average molecular weight is 553 g/mol. The van der Waals surface area contributed by atoms with Gasteiger partial charge in [-0.15, -0.1) is 11.8 Å². The van der Waals surface area contributed by atoms with Gasteiger partial charge in [0.15, 0.2) is 0 Å². The summed E-state index contributed by atoms with van der Waals surface area (Å²) in [6.07, 6.45) is 5.62. The predicted octanol–water partition coefficient (Wildman–Crippen LogP) is 6.80. The summed E-state index contributed by atoms with van der Waals surface area (Å²) in [6.45, 7) is 0.0304. The fraction of sp³-hybridized carbons (Fsp3) is 0.355. The van der Waals surface area contributed by atoms with Crippen molar-refractivity contribution in [2.75, 3.05) is 5.75 Å². The lowest BCUT2D eigenvalue weighted by molar-refractivity contribution is -0.139. The Kier molecular flexibility index (Phi) is 10.6. The fourth-order valence-corrected chi connectivity index (χ4v) is 5.82. The van der Waals surface area contributed by atoms with Gasteiger partial charge in [-0.1, -0.05) is 91.5 Å². The Morgan fingerprint density at radius 3 is 2.32 bits per heavy atom. The van der Waals surface area contributed by atoms with E-state index >= 15 is 0 Å². The van der Waals surface area contributed by atoms with E-state index in [1.54, 1.807) is 23.1 Å². The van der Waals surface area contributed by atoms with E-state index in [9.17, 15) is 14.0 Å². The van der Waals surface area contributed by atoms with E-state index in [4.69, 9.17) is 11.6 Å². The van der Waals surface area contributed by atoms with Crippen LogP contribution in [0.4, 0.5) is 4.39 Å². The van der Waals surface area contributed by atoms with Gasteiger partial charge in [0.25, 0.3) is 0 Å². The second kappa shape index (κ2) is 14.4. The van der Waals surface area contributed by atoms with E-state index in [1.807, 2.05) is 54.6 Å². The van der Waals surface area contributed by atoms with Crippen molar-refractivity contribution < 1.29 is 14.0 Å². The zero-order valence-corrected chi connectivity index (χ0v) is 23.0. The summed E-state index contributed by atoms with van der Waals surface area (Å²) < 4.78 is 14.7. The summed E-state index contributed by atoms with van der Waals surface area (Å²) in [5.74, 6) is 0.0676. The van der Waals surface area contributed by atoms with Crippen molar-refractivity contribution in [3.63, 3.8) is 0 Å². The van der Waals surface area contributed by atoms with Crippen molar-refractivity contribution in [2.45, 2.75) is 62.9 Å². The van der Waals surface area contributed by atoms with Crippen LogP contribution < -0.4 is 5.32 Å². The minimum atomic E-state index is -0.748. The molecule has 0 saturated heterocycles. The number of hydrogen-bond donors (Lipinski definition) is 1. The highest BCUT2D eigenvalue weighted by Crippen LogP contribution is 2.22. The topological polar surface area (TPSA) is 49.4 Å². The second-order valence-corrected chi connectivity index (χ2v) is 11.2. The SMILES string of the molecule is O=C(NC1CCCCC1)[C@@H](Cc1ccccc1)N(Cc1ccccc1F)C(=O)CSCc1ccc(Cl)cc1. The molecule has 0 unspecified atom stereocenters. The molecule has 0 heterocycles. The second-order valence-electron chi connectivity index (χ2n) is 9.78.